The average Bonchev–Trinajstić information content (AvgIpc) is 2.88. The highest BCUT2D eigenvalue weighted by Crippen LogP contribution is 2.64. The van der Waals surface area contributed by atoms with Crippen molar-refractivity contribution in [3.05, 3.63) is 11.6 Å². The lowest BCUT2D eigenvalue weighted by Gasteiger charge is -2.57. The molecule has 0 aromatic rings. The molecule has 4 heteroatoms. The Hall–Kier alpha value is -1.16. The first-order chi connectivity index (χ1) is 11.9. The Morgan fingerprint density at radius 3 is 2.84 bits per heavy atom. The van der Waals surface area contributed by atoms with E-state index in [0.717, 1.165) is 38.5 Å². The van der Waals surface area contributed by atoms with E-state index in [1.54, 1.807) is 0 Å². The lowest BCUT2D eigenvalue weighted by atomic mass is 9.47. The second kappa shape index (κ2) is 5.94. The third-order valence-electron chi connectivity index (χ3n) is 8.14. The van der Waals surface area contributed by atoms with E-state index in [2.05, 4.69) is 13.0 Å². The Kier molecular flexibility index (Phi) is 4.10. The Balaban J connectivity index is 1.69. The highest BCUT2D eigenvalue weighted by atomic mass is 16.5. The summed E-state index contributed by atoms with van der Waals surface area (Å²) in [5.41, 5.74) is 1.13. The Bertz CT molecular complexity index is 623. The highest BCUT2D eigenvalue weighted by molar-refractivity contribution is 5.82. The molecule has 0 bridgehead atoms. The van der Waals surface area contributed by atoms with Gasteiger partial charge < -0.3 is 9.84 Å². The lowest BCUT2D eigenvalue weighted by Crippen LogP contribution is -2.53. The van der Waals surface area contributed by atoms with Gasteiger partial charge >= 0.3 is 5.97 Å². The van der Waals surface area contributed by atoms with Crippen LogP contribution in [0.3, 0.4) is 0 Å². The molecule has 0 saturated heterocycles. The number of fused-ring (bicyclic) bond motifs is 5. The van der Waals surface area contributed by atoms with E-state index in [0.29, 0.717) is 43.0 Å². The molecule has 0 aromatic carbocycles. The van der Waals surface area contributed by atoms with Crippen molar-refractivity contribution in [1.82, 2.24) is 0 Å². The fraction of sp³-hybridized carbons (Fsp3) is 0.810. The van der Waals surface area contributed by atoms with Crippen molar-refractivity contribution in [2.24, 2.45) is 28.6 Å². The van der Waals surface area contributed by atoms with E-state index >= 15 is 0 Å². The van der Waals surface area contributed by atoms with Crippen LogP contribution in [0.25, 0.3) is 0 Å². The van der Waals surface area contributed by atoms with Crippen LogP contribution in [0.2, 0.25) is 0 Å². The van der Waals surface area contributed by atoms with E-state index in [1.807, 2.05) is 0 Å². The normalized spacial score (nSPS) is 45.9. The molecule has 4 nitrogen and oxygen atoms in total. The molecular formula is C21H30O4. The molecule has 3 saturated carbocycles. The average molecular weight is 346 g/mol. The minimum atomic E-state index is -0.232. The van der Waals surface area contributed by atoms with Crippen LogP contribution in [-0.4, -0.2) is 29.6 Å². The number of ketones is 1. The number of aliphatic hydroxyl groups excluding tert-OH is 1. The number of carbonyl (C=O) groups is 2. The fourth-order valence-corrected chi connectivity index (χ4v) is 6.75. The topological polar surface area (TPSA) is 63.6 Å². The van der Waals surface area contributed by atoms with Crippen molar-refractivity contribution < 1.29 is 19.4 Å². The molecule has 0 unspecified atom stereocenters. The smallest absolute Gasteiger partial charge is 0.302 e. The quantitative estimate of drug-likeness (QED) is 0.615. The van der Waals surface area contributed by atoms with Gasteiger partial charge in [-0.05, 0) is 61.7 Å². The number of rotatable bonds is 2. The minimum Gasteiger partial charge on any atom is -0.465 e. The summed E-state index contributed by atoms with van der Waals surface area (Å²) in [7, 11) is 0. The van der Waals surface area contributed by atoms with Crippen LogP contribution in [-0.2, 0) is 14.3 Å². The molecule has 0 aromatic heterocycles. The molecule has 0 radical (unpaired) electrons. The molecule has 138 valence electrons. The largest absolute Gasteiger partial charge is 0.465 e. The molecule has 25 heavy (non-hydrogen) atoms. The Morgan fingerprint density at radius 1 is 1.28 bits per heavy atom. The summed E-state index contributed by atoms with van der Waals surface area (Å²) >= 11 is 0. The van der Waals surface area contributed by atoms with Crippen LogP contribution in [0.5, 0.6) is 0 Å². The maximum absolute atomic E-state index is 12.1. The van der Waals surface area contributed by atoms with Crippen molar-refractivity contribution in [3.8, 4) is 0 Å². The van der Waals surface area contributed by atoms with Crippen molar-refractivity contribution in [2.45, 2.75) is 71.3 Å². The summed E-state index contributed by atoms with van der Waals surface area (Å²) in [6, 6.07) is 0. The van der Waals surface area contributed by atoms with Crippen molar-refractivity contribution in [3.63, 3.8) is 0 Å². The predicted octanol–water partition coefficient (Wildman–Crippen LogP) is 3.42. The molecule has 4 aliphatic carbocycles. The molecule has 6 atom stereocenters. The summed E-state index contributed by atoms with van der Waals surface area (Å²) in [6.45, 7) is 4.17. The van der Waals surface area contributed by atoms with Gasteiger partial charge in [0, 0.05) is 25.2 Å². The van der Waals surface area contributed by atoms with Gasteiger partial charge in [-0.15, -0.1) is 0 Å². The van der Waals surface area contributed by atoms with Crippen LogP contribution in [0.4, 0.5) is 0 Å². The number of allylic oxidation sites excluding steroid dienone is 1. The van der Waals surface area contributed by atoms with Crippen LogP contribution < -0.4 is 0 Å². The molecule has 3 fully saturated rings. The standard InChI is InChI=1S/C21H30O4/c1-13(22)25-12-21-10-7-15(23)11-14(21)3-4-16-17-5-6-19(24)20(17,2)9-8-18(16)21/h3,16-19,24H,4-12H2,1-2H3/t16-,17-,18-,19-,20-,21+/m0/s1. The van der Waals surface area contributed by atoms with Gasteiger partial charge in [0.15, 0.2) is 0 Å². The summed E-state index contributed by atoms with van der Waals surface area (Å²) in [5.74, 6) is 1.65. The summed E-state index contributed by atoms with van der Waals surface area (Å²) in [4.78, 5) is 23.6. The molecule has 0 heterocycles. The first-order valence-electron chi connectivity index (χ1n) is 9.89. The van der Waals surface area contributed by atoms with E-state index in [-0.39, 0.29) is 22.9 Å². The molecule has 4 aliphatic rings. The lowest BCUT2D eigenvalue weighted by molar-refractivity contribution is -0.150. The van der Waals surface area contributed by atoms with Gasteiger partial charge in [0.2, 0.25) is 0 Å². The number of esters is 1. The number of Topliss-reactive ketones (excluding diaryl/α,β-unsaturated/α-hetero) is 1. The molecule has 0 aliphatic heterocycles. The van der Waals surface area contributed by atoms with E-state index in [1.165, 1.54) is 12.5 Å². The second-order valence-electron chi connectivity index (χ2n) is 9.13. The van der Waals surface area contributed by atoms with Crippen molar-refractivity contribution in [1.29, 1.82) is 0 Å². The summed E-state index contributed by atoms with van der Waals surface area (Å²) in [5, 5.41) is 10.6. The van der Waals surface area contributed by atoms with Gasteiger partial charge in [-0.1, -0.05) is 18.6 Å². The van der Waals surface area contributed by atoms with Crippen molar-refractivity contribution in [2.75, 3.05) is 6.61 Å². The number of aliphatic hydroxyl groups is 1. The van der Waals surface area contributed by atoms with Gasteiger partial charge in [-0.25, -0.2) is 0 Å². The van der Waals surface area contributed by atoms with Gasteiger partial charge in [0.25, 0.3) is 0 Å². The zero-order chi connectivity index (χ0) is 17.8. The first kappa shape index (κ1) is 17.3. The summed E-state index contributed by atoms with van der Waals surface area (Å²) in [6.07, 6.45) is 9.21. The van der Waals surface area contributed by atoms with Crippen molar-refractivity contribution >= 4 is 11.8 Å². The third kappa shape index (κ3) is 2.51. The van der Waals surface area contributed by atoms with E-state index in [9.17, 15) is 14.7 Å². The van der Waals surface area contributed by atoms with Gasteiger partial charge in [0.05, 0.1) is 6.10 Å². The van der Waals surface area contributed by atoms with Crippen LogP contribution in [0.15, 0.2) is 11.6 Å². The number of hydrogen-bond acceptors (Lipinski definition) is 4. The van der Waals surface area contributed by atoms with Gasteiger partial charge in [-0.3, -0.25) is 9.59 Å². The molecule has 0 spiro atoms. The van der Waals surface area contributed by atoms with Crippen LogP contribution >= 0.6 is 0 Å². The highest BCUT2D eigenvalue weighted by Gasteiger charge is 2.60. The van der Waals surface area contributed by atoms with Gasteiger partial charge in [-0.2, -0.15) is 0 Å². The number of hydrogen-bond donors (Lipinski definition) is 1. The maximum atomic E-state index is 12.1. The van der Waals surface area contributed by atoms with Crippen LogP contribution in [0, 0.1) is 28.6 Å². The van der Waals surface area contributed by atoms with E-state index in [4.69, 9.17) is 4.74 Å². The number of carbonyl (C=O) groups excluding carboxylic acids is 2. The molecule has 4 rings (SSSR count). The predicted molar refractivity (Wildman–Crippen MR) is 93.7 cm³/mol. The number of ether oxygens (including phenoxy) is 1. The fourth-order valence-electron chi connectivity index (χ4n) is 6.75. The Morgan fingerprint density at radius 2 is 2.08 bits per heavy atom. The van der Waals surface area contributed by atoms with E-state index < -0.39 is 0 Å². The molecule has 1 N–H and O–H groups in total. The second-order valence-corrected chi connectivity index (χ2v) is 9.13. The maximum Gasteiger partial charge on any atom is 0.302 e. The zero-order valence-corrected chi connectivity index (χ0v) is 15.4. The Labute approximate surface area is 150 Å². The van der Waals surface area contributed by atoms with Crippen LogP contribution in [0.1, 0.15) is 65.2 Å². The molecule has 0 amide bonds. The SMILES string of the molecule is CC(=O)OC[C@]12CCC(=O)CC1=CC[C@@H]1[C@@H]2CC[C@]2(C)[C@@H](O)CC[C@@H]12. The van der Waals surface area contributed by atoms with Gasteiger partial charge in [0.1, 0.15) is 12.4 Å². The first-order valence-corrected chi connectivity index (χ1v) is 9.89. The monoisotopic (exact) mass is 346 g/mol. The minimum absolute atomic E-state index is 0.0413. The summed E-state index contributed by atoms with van der Waals surface area (Å²) < 4.78 is 5.54. The zero-order valence-electron chi connectivity index (χ0n) is 15.4. The third-order valence-corrected chi connectivity index (χ3v) is 8.14. The molecular weight excluding hydrogens is 316 g/mol.